The molecule has 2 heterocycles. The molecule has 1 aliphatic heterocycles. The van der Waals surface area contributed by atoms with Gasteiger partial charge in [-0.15, -0.1) is 0 Å². The number of carbonyl (C=O) groups is 1. The monoisotopic (exact) mass is 548 g/mol. The first kappa shape index (κ1) is 27.0. The Morgan fingerprint density at radius 2 is 1.61 bits per heavy atom. The first-order valence-electron chi connectivity index (χ1n) is 13.8. The van der Waals surface area contributed by atoms with Gasteiger partial charge in [0.15, 0.2) is 0 Å². The predicted octanol–water partition coefficient (Wildman–Crippen LogP) is 5.77. The molecule has 3 N–H and O–H groups in total. The van der Waals surface area contributed by atoms with Crippen molar-refractivity contribution in [2.45, 2.75) is 44.8 Å². The Balaban J connectivity index is 1.21. The van der Waals surface area contributed by atoms with Crippen LogP contribution in [0.25, 0.3) is 28.1 Å². The summed E-state index contributed by atoms with van der Waals surface area (Å²) in [5, 5.41) is 3.67. The van der Waals surface area contributed by atoms with E-state index in [2.05, 4.69) is 39.6 Å². The number of hydrogen-bond acceptors (Lipinski definition) is 7. The van der Waals surface area contributed by atoms with Gasteiger partial charge in [-0.2, -0.15) is 0 Å². The number of aromatic nitrogens is 2. The summed E-state index contributed by atoms with van der Waals surface area (Å²) in [4.78, 5) is 21.4. The highest BCUT2D eigenvalue weighted by Gasteiger charge is 2.52. The van der Waals surface area contributed by atoms with Crippen LogP contribution in [0.3, 0.4) is 0 Å². The summed E-state index contributed by atoms with van der Waals surface area (Å²) in [6.45, 7) is 8.40. The molecule has 0 bridgehead atoms. The van der Waals surface area contributed by atoms with Crippen molar-refractivity contribution in [3.8, 4) is 11.1 Å². The highest BCUT2D eigenvalue weighted by molar-refractivity contribution is 6.56. The predicted molar refractivity (Wildman–Crippen MR) is 161 cm³/mol. The Morgan fingerprint density at radius 3 is 2.27 bits per heavy atom. The fourth-order valence-corrected chi connectivity index (χ4v) is 5.42. The van der Waals surface area contributed by atoms with E-state index in [9.17, 15) is 4.79 Å². The number of rotatable bonds is 6. The summed E-state index contributed by atoms with van der Waals surface area (Å²) in [6, 6.07) is 22.3. The SMILES string of the molecule is CC1(C)OB(C(=Cc2ccc3ncnc(N)c3c2)CNC(=O)OCC2c3ccccc3-c3ccccc32)OC1(C)C. The number of nitrogens with one attached hydrogen (secondary N) is 1. The zero-order chi connectivity index (χ0) is 28.8. The van der Waals surface area contributed by atoms with E-state index in [4.69, 9.17) is 19.8 Å². The molecule has 1 amide bonds. The highest BCUT2D eigenvalue weighted by Crippen LogP contribution is 2.44. The van der Waals surface area contributed by atoms with Crippen molar-refractivity contribution in [1.29, 1.82) is 0 Å². The van der Waals surface area contributed by atoms with Gasteiger partial charge in [-0.25, -0.2) is 14.8 Å². The van der Waals surface area contributed by atoms with Crippen LogP contribution in [-0.2, 0) is 14.0 Å². The number of hydrogen-bond donors (Lipinski definition) is 2. The Bertz CT molecular complexity index is 1610. The molecule has 3 aromatic carbocycles. The highest BCUT2D eigenvalue weighted by atomic mass is 16.7. The van der Waals surface area contributed by atoms with E-state index in [1.54, 1.807) is 0 Å². The second-order valence-corrected chi connectivity index (χ2v) is 11.5. The van der Waals surface area contributed by atoms with Crippen LogP contribution in [0.4, 0.5) is 10.6 Å². The molecule has 0 saturated carbocycles. The maximum Gasteiger partial charge on any atom is 0.492 e. The van der Waals surface area contributed by atoms with Crippen LogP contribution < -0.4 is 11.1 Å². The summed E-state index contributed by atoms with van der Waals surface area (Å²) >= 11 is 0. The summed E-state index contributed by atoms with van der Waals surface area (Å²) in [6.07, 6.45) is 2.88. The molecule has 6 rings (SSSR count). The minimum Gasteiger partial charge on any atom is -0.449 e. The first-order chi connectivity index (χ1) is 19.6. The number of nitrogens with two attached hydrogens (primary N) is 1. The maximum absolute atomic E-state index is 13.0. The number of alkyl carbamates (subject to hydrolysis) is 1. The van der Waals surface area contributed by atoms with Crippen LogP contribution in [-0.4, -0.2) is 47.5 Å². The van der Waals surface area contributed by atoms with E-state index in [1.807, 2.05) is 76.2 Å². The first-order valence-corrected chi connectivity index (χ1v) is 13.8. The summed E-state index contributed by atoms with van der Waals surface area (Å²) in [7, 11) is -0.658. The van der Waals surface area contributed by atoms with Crippen LogP contribution >= 0.6 is 0 Å². The molecule has 1 aromatic heterocycles. The lowest BCUT2D eigenvalue weighted by atomic mass is 9.77. The number of nitrogen functional groups attached to an aromatic ring is 1. The van der Waals surface area contributed by atoms with E-state index in [-0.39, 0.29) is 19.1 Å². The van der Waals surface area contributed by atoms with Crippen molar-refractivity contribution < 1.29 is 18.8 Å². The molecule has 8 nitrogen and oxygen atoms in total. The van der Waals surface area contributed by atoms with Gasteiger partial charge in [0.1, 0.15) is 18.8 Å². The molecule has 4 aromatic rings. The lowest BCUT2D eigenvalue weighted by molar-refractivity contribution is 0.00578. The third-order valence-corrected chi connectivity index (χ3v) is 8.38. The van der Waals surface area contributed by atoms with Gasteiger partial charge in [-0.1, -0.05) is 60.7 Å². The molecule has 9 heteroatoms. The Labute approximate surface area is 240 Å². The van der Waals surface area contributed by atoms with E-state index < -0.39 is 24.4 Å². The zero-order valence-electron chi connectivity index (χ0n) is 23.7. The maximum atomic E-state index is 13.0. The van der Waals surface area contributed by atoms with Crippen molar-refractivity contribution in [3.63, 3.8) is 0 Å². The van der Waals surface area contributed by atoms with Gasteiger partial charge in [-0.3, -0.25) is 0 Å². The third kappa shape index (κ3) is 5.07. The number of anilines is 1. The van der Waals surface area contributed by atoms with E-state index >= 15 is 0 Å². The van der Waals surface area contributed by atoms with Crippen LogP contribution in [0, 0.1) is 0 Å². The standard InChI is InChI=1S/C32H33BN4O4/c1-31(2)32(3,4)41-33(40-31)21(15-20-13-14-28-26(16-20)29(34)37-19-36-28)17-35-30(38)39-18-27-24-11-7-5-9-22(24)23-10-6-8-12-25(23)27/h5-16,19,27H,17-18H2,1-4H3,(H,35,38)(H2,34,36,37). The number of ether oxygens (including phenoxy) is 1. The van der Waals surface area contributed by atoms with Crippen LogP contribution in [0.15, 0.2) is 78.5 Å². The van der Waals surface area contributed by atoms with Gasteiger partial charge in [0.25, 0.3) is 0 Å². The zero-order valence-corrected chi connectivity index (χ0v) is 23.7. The van der Waals surface area contributed by atoms with Crippen LogP contribution in [0.1, 0.15) is 50.3 Å². The number of nitrogens with zero attached hydrogens (tertiary/aromatic N) is 2. The normalized spacial score (nSPS) is 17.4. The molecule has 0 atom stereocenters. The van der Waals surface area contributed by atoms with Crippen molar-refractivity contribution in [2.24, 2.45) is 0 Å². The van der Waals surface area contributed by atoms with Gasteiger partial charge >= 0.3 is 13.2 Å². The fourth-order valence-electron chi connectivity index (χ4n) is 5.42. The van der Waals surface area contributed by atoms with Crippen molar-refractivity contribution in [3.05, 3.63) is 95.2 Å². The number of fused-ring (bicyclic) bond motifs is 4. The molecule has 2 aliphatic rings. The van der Waals surface area contributed by atoms with Crippen LogP contribution in [0.2, 0.25) is 0 Å². The fraction of sp³-hybridized carbons (Fsp3) is 0.281. The largest absolute Gasteiger partial charge is 0.492 e. The quantitative estimate of drug-likeness (QED) is 0.295. The van der Waals surface area contributed by atoms with Gasteiger partial charge in [0.05, 0.1) is 16.7 Å². The molecular weight excluding hydrogens is 515 g/mol. The summed E-state index contributed by atoms with van der Waals surface area (Å²) in [5.74, 6) is 0.385. The minimum absolute atomic E-state index is 0.0171. The van der Waals surface area contributed by atoms with Crippen molar-refractivity contribution in [2.75, 3.05) is 18.9 Å². The minimum atomic E-state index is -0.658. The Kier molecular flexibility index (Phi) is 6.79. The van der Waals surface area contributed by atoms with Gasteiger partial charge < -0.3 is 25.1 Å². The lowest BCUT2D eigenvalue weighted by Crippen LogP contribution is -2.41. The molecule has 0 radical (unpaired) electrons. The molecule has 0 unspecified atom stereocenters. The van der Waals surface area contributed by atoms with Crippen molar-refractivity contribution >= 4 is 36.0 Å². The van der Waals surface area contributed by atoms with Crippen LogP contribution in [0.5, 0.6) is 0 Å². The smallest absolute Gasteiger partial charge is 0.449 e. The third-order valence-electron chi connectivity index (χ3n) is 8.38. The average Bonchev–Trinajstić information content (AvgIpc) is 3.39. The number of amides is 1. The molecular formula is C32H33BN4O4. The molecule has 1 saturated heterocycles. The van der Waals surface area contributed by atoms with E-state index in [0.29, 0.717) is 5.82 Å². The molecule has 208 valence electrons. The average molecular weight is 548 g/mol. The van der Waals surface area contributed by atoms with Gasteiger partial charge in [-0.05, 0) is 73.1 Å². The second-order valence-electron chi connectivity index (χ2n) is 11.5. The molecule has 0 spiro atoms. The van der Waals surface area contributed by atoms with E-state index in [0.717, 1.165) is 21.9 Å². The van der Waals surface area contributed by atoms with Gasteiger partial charge in [0, 0.05) is 17.8 Å². The number of carbonyl (C=O) groups excluding carboxylic acids is 1. The molecule has 41 heavy (non-hydrogen) atoms. The summed E-state index contributed by atoms with van der Waals surface area (Å²) in [5.41, 5.74) is 12.1. The molecule has 1 aliphatic carbocycles. The van der Waals surface area contributed by atoms with Gasteiger partial charge in [0.2, 0.25) is 0 Å². The lowest BCUT2D eigenvalue weighted by Gasteiger charge is -2.32. The van der Waals surface area contributed by atoms with Crippen molar-refractivity contribution in [1.82, 2.24) is 15.3 Å². The Hall–Kier alpha value is -4.21. The second kappa shape index (κ2) is 10.3. The summed E-state index contributed by atoms with van der Waals surface area (Å²) < 4.78 is 18.4. The van der Waals surface area contributed by atoms with E-state index in [1.165, 1.54) is 28.6 Å². The molecule has 1 fully saturated rings. The topological polar surface area (TPSA) is 109 Å². The Morgan fingerprint density at radius 1 is 0.976 bits per heavy atom. The number of benzene rings is 3.